The standard InChI is InChI=1S/C82H53N7/c1-82(2)68-39-36-55(53-24-19-27-58(46-53)88(57-25-7-4-8-26-57)59-37-35-54-44-51-22-9-10-23-52(51)45-56(54)47-59)48-67(68)75-64-32-15-16-33-66(64)79-77(78(75)82)76-73(40-38-65-62-30-12-11-28-60(62)61-29-13-14-31-63(61)74(65)76)89(79)81-84-43-41-70(87-81)72-49-71(69-34-17-18-42-83-69)85-80(86-72)50-20-5-3-6-21-50/h3-49H,1-2H3. The number of aromatic nitrogens is 6. The fraction of sp³-hybridized carbons (Fsp3) is 0.0366. The Morgan fingerprint density at radius 3 is 1.72 bits per heavy atom. The van der Waals surface area contributed by atoms with Crippen molar-refractivity contribution in [1.29, 1.82) is 0 Å². The maximum atomic E-state index is 5.59. The number of anilines is 3. The molecule has 1 aliphatic rings. The first-order chi connectivity index (χ1) is 43.9. The van der Waals surface area contributed by atoms with Crippen LogP contribution in [0.3, 0.4) is 0 Å². The van der Waals surface area contributed by atoms with Gasteiger partial charge in [0.25, 0.3) is 0 Å². The van der Waals surface area contributed by atoms with Crippen LogP contribution in [0.1, 0.15) is 25.0 Å². The van der Waals surface area contributed by atoms with E-state index in [1.165, 1.54) is 92.3 Å². The van der Waals surface area contributed by atoms with Crippen LogP contribution in [0.25, 0.3) is 149 Å². The van der Waals surface area contributed by atoms with Gasteiger partial charge in [0.2, 0.25) is 5.95 Å². The minimum absolute atomic E-state index is 0.452. The van der Waals surface area contributed by atoms with E-state index in [2.05, 4.69) is 236 Å². The van der Waals surface area contributed by atoms with E-state index in [-0.39, 0.29) is 0 Å². The summed E-state index contributed by atoms with van der Waals surface area (Å²) in [6, 6.07) is 98.5. The molecule has 4 aromatic heterocycles. The monoisotopic (exact) mass is 1140 g/mol. The predicted molar refractivity (Wildman–Crippen MR) is 369 cm³/mol. The Labute approximate surface area is 513 Å². The van der Waals surface area contributed by atoms with Gasteiger partial charge in [-0.05, 0) is 172 Å². The molecule has 4 heterocycles. The molecule has 7 heteroatoms. The largest absolute Gasteiger partial charge is 0.310 e. The van der Waals surface area contributed by atoms with Gasteiger partial charge in [0, 0.05) is 62.0 Å². The molecule has 17 aromatic rings. The number of para-hydroxylation sites is 1. The van der Waals surface area contributed by atoms with Crippen LogP contribution >= 0.6 is 0 Å². The van der Waals surface area contributed by atoms with Crippen molar-refractivity contribution in [3.05, 3.63) is 297 Å². The lowest BCUT2D eigenvalue weighted by molar-refractivity contribution is 0.667. The highest BCUT2D eigenvalue weighted by atomic mass is 15.2. The van der Waals surface area contributed by atoms with E-state index in [4.69, 9.17) is 24.9 Å². The molecule has 13 aromatic carbocycles. The number of rotatable bonds is 8. The second-order valence-corrected chi connectivity index (χ2v) is 24.0. The number of hydrogen-bond acceptors (Lipinski definition) is 6. The number of benzene rings is 13. The first-order valence-electron chi connectivity index (χ1n) is 30.4. The Hall–Kier alpha value is -11.7. The first-order valence-corrected chi connectivity index (χ1v) is 30.4. The molecule has 0 fully saturated rings. The summed E-state index contributed by atoms with van der Waals surface area (Å²) in [5.74, 6) is 1.14. The average molecular weight is 1140 g/mol. The van der Waals surface area contributed by atoms with Gasteiger partial charge in [-0.3, -0.25) is 9.55 Å². The minimum Gasteiger partial charge on any atom is -0.310 e. The van der Waals surface area contributed by atoms with E-state index < -0.39 is 5.41 Å². The fourth-order valence-electron chi connectivity index (χ4n) is 14.6. The molecule has 89 heavy (non-hydrogen) atoms. The van der Waals surface area contributed by atoms with E-state index in [1.807, 2.05) is 66.9 Å². The molecule has 0 N–H and O–H groups in total. The highest BCUT2D eigenvalue weighted by Gasteiger charge is 2.41. The van der Waals surface area contributed by atoms with Crippen molar-refractivity contribution in [3.63, 3.8) is 0 Å². The van der Waals surface area contributed by atoms with Gasteiger partial charge in [-0.15, -0.1) is 0 Å². The lowest BCUT2D eigenvalue weighted by Gasteiger charge is -2.26. The van der Waals surface area contributed by atoms with Gasteiger partial charge >= 0.3 is 0 Å². The van der Waals surface area contributed by atoms with Gasteiger partial charge in [0.15, 0.2) is 5.82 Å². The van der Waals surface area contributed by atoms with E-state index in [9.17, 15) is 0 Å². The average Bonchev–Trinajstić information content (AvgIpc) is 1.53. The molecular weight excluding hydrogens is 1080 g/mol. The van der Waals surface area contributed by atoms with Crippen LogP contribution in [-0.2, 0) is 5.41 Å². The molecule has 416 valence electrons. The molecule has 0 amide bonds. The van der Waals surface area contributed by atoms with E-state index in [0.29, 0.717) is 28.9 Å². The molecule has 7 nitrogen and oxygen atoms in total. The van der Waals surface area contributed by atoms with Crippen LogP contribution < -0.4 is 4.90 Å². The Morgan fingerprint density at radius 2 is 0.955 bits per heavy atom. The molecule has 0 aliphatic heterocycles. The summed E-state index contributed by atoms with van der Waals surface area (Å²) >= 11 is 0. The van der Waals surface area contributed by atoms with Crippen LogP contribution in [0.5, 0.6) is 0 Å². The maximum absolute atomic E-state index is 5.59. The van der Waals surface area contributed by atoms with Crippen LogP contribution in [0.4, 0.5) is 17.1 Å². The van der Waals surface area contributed by atoms with Gasteiger partial charge in [-0.25, -0.2) is 19.9 Å². The minimum atomic E-state index is -0.452. The Kier molecular flexibility index (Phi) is 11.2. The van der Waals surface area contributed by atoms with Crippen LogP contribution in [0.2, 0.25) is 0 Å². The molecule has 0 saturated carbocycles. The van der Waals surface area contributed by atoms with Gasteiger partial charge in [-0.2, -0.15) is 0 Å². The molecule has 0 saturated heterocycles. The Morgan fingerprint density at radius 1 is 0.348 bits per heavy atom. The van der Waals surface area contributed by atoms with Gasteiger partial charge in [0.05, 0.1) is 33.8 Å². The summed E-state index contributed by atoms with van der Waals surface area (Å²) in [6.07, 6.45) is 3.67. The van der Waals surface area contributed by atoms with Crippen molar-refractivity contribution in [2.75, 3.05) is 4.90 Å². The highest BCUT2D eigenvalue weighted by Crippen LogP contribution is 2.58. The van der Waals surface area contributed by atoms with Crippen molar-refractivity contribution >= 4 is 104 Å². The topological polar surface area (TPSA) is 72.6 Å². The summed E-state index contributed by atoms with van der Waals surface area (Å²) < 4.78 is 2.34. The zero-order valence-electron chi connectivity index (χ0n) is 48.8. The number of hydrogen-bond donors (Lipinski definition) is 0. The lowest BCUT2D eigenvalue weighted by atomic mass is 9.79. The van der Waals surface area contributed by atoms with Crippen molar-refractivity contribution in [2.45, 2.75) is 19.3 Å². The summed E-state index contributed by atoms with van der Waals surface area (Å²) in [6.45, 7) is 4.85. The normalized spacial score (nSPS) is 12.7. The lowest BCUT2D eigenvalue weighted by Crippen LogP contribution is -2.15. The second-order valence-electron chi connectivity index (χ2n) is 24.0. The zero-order chi connectivity index (χ0) is 58.9. The first kappa shape index (κ1) is 50.6. The molecule has 0 bridgehead atoms. The third kappa shape index (κ3) is 7.88. The smallest absolute Gasteiger partial charge is 0.235 e. The highest BCUT2D eigenvalue weighted by molar-refractivity contribution is 6.38. The van der Waals surface area contributed by atoms with Crippen molar-refractivity contribution in [1.82, 2.24) is 29.5 Å². The van der Waals surface area contributed by atoms with Crippen LogP contribution in [-0.4, -0.2) is 29.5 Å². The van der Waals surface area contributed by atoms with Gasteiger partial charge < -0.3 is 4.90 Å². The van der Waals surface area contributed by atoms with Crippen molar-refractivity contribution in [3.8, 4) is 62.4 Å². The quantitative estimate of drug-likeness (QED) is 0.112. The van der Waals surface area contributed by atoms with Crippen LogP contribution in [0.15, 0.2) is 285 Å². The maximum Gasteiger partial charge on any atom is 0.235 e. The van der Waals surface area contributed by atoms with Crippen LogP contribution in [0, 0.1) is 0 Å². The summed E-state index contributed by atoms with van der Waals surface area (Å²) in [7, 11) is 0. The third-order valence-corrected chi connectivity index (χ3v) is 18.6. The zero-order valence-corrected chi connectivity index (χ0v) is 48.8. The predicted octanol–water partition coefficient (Wildman–Crippen LogP) is 21.1. The van der Waals surface area contributed by atoms with E-state index >= 15 is 0 Å². The Bertz CT molecular complexity index is 5680. The van der Waals surface area contributed by atoms with E-state index in [1.54, 1.807) is 6.20 Å². The Balaban J connectivity index is 0.878. The molecule has 0 unspecified atom stereocenters. The van der Waals surface area contributed by atoms with E-state index in [0.717, 1.165) is 55.9 Å². The third-order valence-electron chi connectivity index (χ3n) is 18.6. The molecule has 0 radical (unpaired) electrons. The van der Waals surface area contributed by atoms with Gasteiger partial charge in [0.1, 0.15) is 0 Å². The fourth-order valence-corrected chi connectivity index (χ4v) is 14.6. The van der Waals surface area contributed by atoms with Crippen molar-refractivity contribution in [2.24, 2.45) is 0 Å². The summed E-state index contributed by atoms with van der Waals surface area (Å²) in [5, 5.41) is 16.9. The SMILES string of the molecule is CC1(C)c2ccc(-c3cccc(N(c4ccccc4)c4ccc5cc6ccccc6cc5c4)c3)cc2-c2c1c1c3c4c5ccccc5c5ccccc5c4ccc3n(-c3nccc(-c4cc(-c5ccccn5)nc(-c5ccccc5)n4)n3)c1c1ccccc21. The number of nitrogens with zero attached hydrogens (tertiary/aromatic N) is 7. The molecule has 0 atom stereocenters. The second kappa shape index (κ2) is 19.7. The number of pyridine rings is 1. The van der Waals surface area contributed by atoms with Gasteiger partial charge in [-0.1, -0.05) is 202 Å². The van der Waals surface area contributed by atoms with Crippen molar-refractivity contribution < 1.29 is 0 Å². The summed E-state index contributed by atoms with van der Waals surface area (Å²) in [5.41, 5.74) is 16.0. The summed E-state index contributed by atoms with van der Waals surface area (Å²) in [4.78, 5) is 28.3. The molecular formula is C82H53N7. The molecule has 0 spiro atoms. The molecule has 18 rings (SSSR count). The molecule has 1 aliphatic carbocycles. The number of fused-ring (bicyclic) bond motifs is 19.